The van der Waals surface area contributed by atoms with Crippen molar-refractivity contribution in [3.8, 4) is 11.5 Å². The lowest BCUT2D eigenvalue weighted by Gasteiger charge is -2.32. The van der Waals surface area contributed by atoms with E-state index >= 15 is 0 Å². The number of hydrogen-bond acceptors (Lipinski definition) is 5. The van der Waals surface area contributed by atoms with Crippen molar-refractivity contribution in [1.82, 2.24) is 29.8 Å². The molecule has 1 aliphatic heterocycles. The Balaban J connectivity index is 1.50. The molecular formula is C20H22N6O. The van der Waals surface area contributed by atoms with E-state index in [0.29, 0.717) is 13.0 Å². The van der Waals surface area contributed by atoms with E-state index in [4.69, 9.17) is 0 Å². The van der Waals surface area contributed by atoms with Gasteiger partial charge in [0.2, 0.25) is 5.91 Å². The largest absolute Gasteiger partial charge is 0.343 e. The van der Waals surface area contributed by atoms with Crippen molar-refractivity contribution >= 4 is 5.91 Å². The second-order valence-electron chi connectivity index (χ2n) is 6.84. The number of aromatic nitrogens is 5. The molecular weight excluding hydrogens is 340 g/mol. The van der Waals surface area contributed by atoms with E-state index < -0.39 is 0 Å². The highest BCUT2D eigenvalue weighted by molar-refractivity contribution is 5.78. The van der Waals surface area contributed by atoms with Crippen LogP contribution in [0.4, 0.5) is 0 Å². The van der Waals surface area contributed by atoms with Gasteiger partial charge in [-0.05, 0) is 38.0 Å². The summed E-state index contributed by atoms with van der Waals surface area (Å²) in [6, 6.07) is 7.65. The first-order valence-corrected chi connectivity index (χ1v) is 9.22. The van der Waals surface area contributed by atoms with E-state index in [1.165, 1.54) is 0 Å². The number of likely N-dealkylation sites (tertiary alicyclic amines) is 1. The van der Waals surface area contributed by atoms with Crippen LogP contribution in [0.15, 0.2) is 42.9 Å². The Morgan fingerprint density at radius 2 is 2.19 bits per heavy atom. The number of aryl methyl sites for hydroxylation is 1. The van der Waals surface area contributed by atoms with Crippen molar-refractivity contribution in [3.05, 3.63) is 60.1 Å². The molecule has 0 radical (unpaired) electrons. The molecule has 3 aromatic rings. The van der Waals surface area contributed by atoms with Gasteiger partial charge in [-0.1, -0.05) is 6.07 Å². The second-order valence-corrected chi connectivity index (χ2v) is 6.84. The summed E-state index contributed by atoms with van der Waals surface area (Å²) >= 11 is 0. The lowest BCUT2D eigenvalue weighted by atomic mass is 9.93. The summed E-state index contributed by atoms with van der Waals surface area (Å²) in [5.74, 6) is 1.79. The van der Waals surface area contributed by atoms with Crippen molar-refractivity contribution in [2.75, 3.05) is 13.1 Å². The minimum absolute atomic E-state index is 0.121. The molecule has 1 fully saturated rings. The van der Waals surface area contributed by atoms with Crippen LogP contribution in [0.25, 0.3) is 11.5 Å². The highest BCUT2D eigenvalue weighted by Gasteiger charge is 2.26. The number of amides is 1. The number of H-pyrrole nitrogens is 1. The van der Waals surface area contributed by atoms with Gasteiger partial charge in [-0.25, -0.2) is 15.0 Å². The van der Waals surface area contributed by atoms with E-state index in [1.54, 1.807) is 18.6 Å². The number of imidazole rings is 1. The molecule has 1 atom stereocenters. The second kappa shape index (κ2) is 7.65. The number of nitrogens with zero attached hydrogens (tertiary/aromatic N) is 5. The summed E-state index contributed by atoms with van der Waals surface area (Å²) in [5.41, 5.74) is 2.58. The molecule has 4 heterocycles. The molecule has 1 amide bonds. The standard InChI is InChI=1S/C20H22N6O/c1-14-24-17(12-18(25-14)20-22-8-9-23-20)15-5-4-10-26(13-15)19(27)11-16-6-2-3-7-21-16/h2-3,6-9,12,15H,4-5,10-11,13H2,1H3,(H,22,23)/t15-/m1/s1. The number of nitrogens with one attached hydrogen (secondary N) is 1. The van der Waals surface area contributed by atoms with Gasteiger partial charge in [-0.3, -0.25) is 9.78 Å². The van der Waals surface area contributed by atoms with Gasteiger partial charge in [0.15, 0.2) is 5.82 Å². The Labute approximate surface area is 157 Å². The molecule has 7 heteroatoms. The fourth-order valence-electron chi connectivity index (χ4n) is 3.54. The smallest absolute Gasteiger partial charge is 0.228 e. The molecule has 0 aromatic carbocycles. The van der Waals surface area contributed by atoms with Gasteiger partial charge in [-0.15, -0.1) is 0 Å². The molecule has 1 N–H and O–H groups in total. The minimum atomic E-state index is 0.121. The highest BCUT2D eigenvalue weighted by Crippen LogP contribution is 2.28. The van der Waals surface area contributed by atoms with Gasteiger partial charge in [0.05, 0.1) is 6.42 Å². The predicted octanol–water partition coefficient (Wildman–Crippen LogP) is 2.52. The molecule has 1 aliphatic rings. The van der Waals surface area contributed by atoms with Crippen LogP contribution < -0.4 is 0 Å². The van der Waals surface area contributed by atoms with Crippen LogP contribution in [0, 0.1) is 6.92 Å². The first-order valence-electron chi connectivity index (χ1n) is 9.22. The molecule has 0 spiro atoms. The zero-order valence-corrected chi connectivity index (χ0v) is 15.3. The van der Waals surface area contributed by atoms with E-state index in [-0.39, 0.29) is 11.8 Å². The van der Waals surface area contributed by atoms with E-state index in [9.17, 15) is 4.79 Å². The van der Waals surface area contributed by atoms with Crippen molar-refractivity contribution in [1.29, 1.82) is 0 Å². The van der Waals surface area contributed by atoms with E-state index in [0.717, 1.165) is 48.1 Å². The molecule has 7 nitrogen and oxygen atoms in total. The Kier molecular flexibility index (Phi) is 4.91. The monoisotopic (exact) mass is 362 g/mol. The average Bonchev–Trinajstić information content (AvgIpc) is 3.23. The number of piperidine rings is 1. The average molecular weight is 362 g/mol. The number of aromatic amines is 1. The molecule has 4 rings (SSSR count). The zero-order chi connectivity index (χ0) is 18.6. The zero-order valence-electron chi connectivity index (χ0n) is 15.3. The third-order valence-corrected chi connectivity index (χ3v) is 4.85. The quantitative estimate of drug-likeness (QED) is 0.770. The van der Waals surface area contributed by atoms with Crippen molar-refractivity contribution in [3.63, 3.8) is 0 Å². The Morgan fingerprint density at radius 3 is 2.96 bits per heavy atom. The van der Waals surface area contributed by atoms with Crippen LogP contribution in [-0.4, -0.2) is 48.8 Å². The number of hydrogen-bond donors (Lipinski definition) is 1. The van der Waals surface area contributed by atoms with Crippen molar-refractivity contribution < 1.29 is 4.79 Å². The van der Waals surface area contributed by atoms with Crippen LogP contribution in [0.5, 0.6) is 0 Å². The Hall–Kier alpha value is -3.09. The first kappa shape index (κ1) is 17.3. The third kappa shape index (κ3) is 4.02. The summed E-state index contributed by atoms with van der Waals surface area (Å²) in [6.07, 6.45) is 7.55. The maximum atomic E-state index is 12.7. The Morgan fingerprint density at radius 1 is 1.26 bits per heavy atom. The summed E-state index contributed by atoms with van der Waals surface area (Å²) in [7, 11) is 0. The number of carbonyl (C=O) groups excluding carboxylic acids is 1. The van der Waals surface area contributed by atoms with Gasteiger partial charge in [0.25, 0.3) is 0 Å². The highest BCUT2D eigenvalue weighted by atomic mass is 16.2. The van der Waals surface area contributed by atoms with Gasteiger partial charge in [0, 0.05) is 49.0 Å². The van der Waals surface area contributed by atoms with Crippen molar-refractivity contribution in [2.24, 2.45) is 0 Å². The number of pyridine rings is 1. The van der Waals surface area contributed by atoms with Crippen molar-refractivity contribution in [2.45, 2.75) is 32.1 Å². The predicted molar refractivity (Wildman–Crippen MR) is 101 cm³/mol. The first-order chi connectivity index (χ1) is 13.2. The van der Waals surface area contributed by atoms with Crippen LogP contribution in [0.3, 0.4) is 0 Å². The SMILES string of the molecule is Cc1nc(-c2ncc[nH]2)cc([C@@H]2CCCN(C(=O)Cc3ccccn3)C2)n1. The van der Waals surface area contributed by atoms with Crippen LogP contribution >= 0.6 is 0 Å². The lowest BCUT2D eigenvalue weighted by Crippen LogP contribution is -2.40. The molecule has 27 heavy (non-hydrogen) atoms. The summed E-state index contributed by atoms with van der Waals surface area (Å²) in [5, 5.41) is 0. The number of rotatable bonds is 4. The normalized spacial score (nSPS) is 17.1. The van der Waals surface area contributed by atoms with Gasteiger partial charge in [-0.2, -0.15) is 0 Å². The maximum absolute atomic E-state index is 12.7. The minimum Gasteiger partial charge on any atom is -0.343 e. The molecule has 3 aromatic heterocycles. The summed E-state index contributed by atoms with van der Waals surface area (Å²) < 4.78 is 0. The van der Waals surface area contributed by atoms with Crippen LogP contribution in [0.2, 0.25) is 0 Å². The van der Waals surface area contributed by atoms with E-state index in [2.05, 4.69) is 24.9 Å². The van der Waals surface area contributed by atoms with Crippen LogP contribution in [-0.2, 0) is 11.2 Å². The fourth-order valence-corrected chi connectivity index (χ4v) is 3.54. The third-order valence-electron chi connectivity index (χ3n) is 4.85. The van der Waals surface area contributed by atoms with E-state index in [1.807, 2.05) is 36.1 Å². The molecule has 138 valence electrons. The van der Waals surface area contributed by atoms with Gasteiger partial charge < -0.3 is 9.88 Å². The molecule has 0 saturated carbocycles. The van der Waals surface area contributed by atoms with Gasteiger partial charge in [0.1, 0.15) is 11.5 Å². The summed E-state index contributed by atoms with van der Waals surface area (Å²) in [6.45, 7) is 3.36. The topological polar surface area (TPSA) is 87.7 Å². The fraction of sp³-hybridized carbons (Fsp3) is 0.350. The van der Waals surface area contributed by atoms with Crippen LogP contribution in [0.1, 0.15) is 36.0 Å². The maximum Gasteiger partial charge on any atom is 0.228 e. The van der Waals surface area contributed by atoms with Gasteiger partial charge >= 0.3 is 0 Å². The molecule has 0 unspecified atom stereocenters. The lowest BCUT2D eigenvalue weighted by molar-refractivity contribution is -0.131. The molecule has 0 bridgehead atoms. The summed E-state index contributed by atoms with van der Waals surface area (Å²) in [4.78, 5) is 35.4. The molecule has 1 saturated heterocycles. The molecule has 0 aliphatic carbocycles. The Bertz CT molecular complexity index is 909. The number of carbonyl (C=O) groups is 1.